The first-order valence-electron chi connectivity index (χ1n) is 6.15. The molecular weight excluding hydrogens is 204 g/mol. The molecule has 0 radical (unpaired) electrons. The second-order valence-corrected chi connectivity index (χ2v) is 4.28. The second-order valence-electron chi connectivity index (χ2n) is 4.28. The highest BCUT2D eigenvalue weighted by molar-refractivity contribution is 5.79. The first kappa shape index (κ1) is 13.3. The van der Waals surface area contributed by atoms with Crippen LogP contribution in [0.2, 0.25) is 0 Å². The minimum Gasteiger partial charge on any atom is -0.378 e. The van der Waals surface area contributed by atoms with Crippen molar-refractivity contribution in [1.29, 1.82) is 0 Å². The molecule has 1 aliphatic rings. The van der Waals surface area contributed by atoms with Crippen LogP contribution < -0.4 is 16.6 Å². The van der Waals surface area contributed by atoms with E-state index in [0.717, 1.165) is 38.8 Å². The van der Waals surface area contributed by atoms with Crippen molar-refractivity contribution in [2.45, 2.75) is 51.7 Å². The van der Waals surface area contributed by atoms with E-state index in [1.165, 1.54) is 0 Å². The molecule has 0 spiro atoms. The normalized spacial score (nSPS) is 26.6. The molecule has 0 aliphatic carbocycles. The maximum atomic E-state index is 5.49. The van der Waals surface area contributed by atoms with Gasteiger partial charge in [0.25, 0.3) is 0 Å². The van der Waals surface area contributed by atoms with Gasteiger partial charge in [0.1, 0.15) is 0 Å². The van der Waals surface area contributed by atoms with Crippen LogP contribution in [0, 0.1) is 0 Å². The number of unbranched alkanes of at least 4 members (excludes halogenated alkanes) is 1. The summed E-state index contributed by atoms with van der Waals surface area (Å²) in [7, 11) is 0. The lowest BCUT2D eigenvalue weighted by atomic mass is 10.0. The number of aliphatic imine (C=N–C) groups is 1. The van der Waals surface area contributed by atoms with Gasteiger partial charge >= 0.3 is 0 Å². The number of hydrazine groups is 1. The second kappa shape index (κ2) is 7.46. The van der Waals surface area contributed by atoms with Gasteiger partial charge in [0.2, 0.25) is 5.96 Å². The van der Waals surface area contributed by atoms with Gasteiger partial charge in [-0.1, -0.05) is 13.3 Å². The molecule has 2 atom stereocenters. The third-order valence-corrected chi connectivity index (χ3v) is 2.74. The minimum absolute atomic E-state index is 0.320. The quantitative estimate of drug-likeness (QED) is 0.218. The van der Waals surface area contributed by atoms with Gasteiger partial charge in [0.05, 0.1) is 6.10 Å². The van der Waals surface area contributed by atoms with Crippen molar-refractivity contribution in [3.8, 4) is 0 Å². The number of hydrogen-bond donors (Lipinski definition) is 3. The highest BCUT2D eigenvalue weighted by Crippen LogP contribution is 2.12. The molecule has 0 aromatic heterocycles. The summed E-state index contributed by atoms with van der Waals surface area (Å²) < 4.78 is 5.49. The third-order valence-electron chi connectivity index (χ3n) is 2.74. The predicted molar refractivity (Wildman–Crippen MR) is 66.1 cm³/mol. The summed E-state index contributed by atoms with van der Waals surface area (Å²) in [4.78, 5) is 4.38. The van der Waals surface area contributed by atoms with Crippen molar-refractivity contribution in [1.82, 2.24) is 10.7 Å². The molecule has 0 aromatic carbocycles. The molecule has 16 heavy (non-hydrogen) atoms. The molecule has 5 heteroatoms. The Morgan fingerprint density at radius 3 is 3.00 bits per heavy atom. The maximum Gasteiger partial charge on any atom is 0.205 e. The molecule has 1 aliphatic heterocycles. The summed E-state index contributed by atoms with van der Waals surface area (Å²) in [6.07, 6.45) is 4.58. The number of nitrogens with zero attached hydrogens (tertiary/aromatic N) is 1. The molecule has 2 unspecified atom stereocenters. The Kier molecular flexibility index (Phi) is 6.18. The molecule has 4 N–H and O–H groups in total. The van der Waals surface area contributed by atoms with E-state index in [2.05, 4.69) is 29.6 Å². The van der Waals surface area contributed by atoms with Crippen LogP contribution in [0.15, 0.2) is 4.99 Å². The topological polar surface area (TPSA) is 71.7 Å². The van der Waals surface area contributed by atoms with E-state index in [0.29, 0.717) is 18.1 Å². The Hall–Kier alpha value is -0.810. The fourth-order valence-corrected chi connectivity index (χ4v) is 1.80. The van der Waals surface area contributed by atoms with Crippen LogP contribution in [0.5, 0.6) is 0 Å². The van der Waals surface area contributed by atoms with E-state index in [4.69, 9.17) is 10.6 Å². The van der Waals surface area contributed by atoms with E-state index in [-0.39, 0.29) is 0 Å². The van der Waals surface area contributed by atoms with Crippen LogP contribution in [0.3, 0.4) is 0 Å². The van der Waals surface area contributed by atoms with Gasteiger partial charge in [0.15, 0.2) is 0 Å². The molecule has 1 heterocycles. The van der Waals surface area contributed by atoms with Gasteiger partial charge in [-0.2, -0.15) is 0 Å². The minimum atomic E-state index is 0.320. The van der Waals surface area contributed by atoms with Gasteiger partial charge < -0.3 is 10.1 Å². The standard InChI is InChI=1S/C11H24N4O/c1-3-4-6-13-11(15-12)14-10-5-7-16-9(2)8-10/h9-10H,3-8,12H2,1-2H3,(H2,13,14,15). The summed E-state index contributed by atoms with van der Waals surface area (Å²) in [5.41, 5.74) is 2.62. The highest BCUT2D eigenvalue weighted by Gasteiger charge is 2.19. The van der Waals surface area contributed by atoms with E-state index < -0.39 is 0 Å². The van der Waals surface area contributed by atoms with Crippen LogP contribution in [0.1, 0.15) is 39.5 Å². The number of ether oxygens (including phenoxy) is 1. The lowest BCUT2D eigenvalue weighted by Crippen LogP contribution is -2.49. The molecule has 5 nitrogen and oxygen atoms in total. The highest BCUT2D eigenvalue weighted by atomic mass is 16.5. The molecule has 1 saturated heterocycles. The van der Waals surface area contributed by atoms with E-state index in [9.17, 15) is 0 Å². The predicted octanol–water partition coefficient (Wildman–Crippen LogP) is 0.763. The molecule has 94 valence electrons. The van der Waals surface area contributed by atoms with E-state index in [1.54, 1.807) is 0 Å². The Balaban J connectivity index is 2.33. The molecule has 1 rings (SSSR count). The van der Waals surface area contributed by atoms with Crippen LogP contribution in [0.4, 0.5) is 0 Å². The fourth-order valence-electron chi connectivity index (χ4n) is 1.80. The molecule has 0 bridgehead atoms. The Bertz CT molecular complexity index is 220. The van der Waals surface area contributed by atoms with Gasteiger partial charge in [-0.05, 0) is 26.2 Å². The number of hydrogen-bond acceptors (Lipinski definition) is 3. The Morgan fingerprint density at radius 1 is 1.56 bits per heavy atom. The Morgan fingerprint density at radius 2 is 2.38 bits per heavy atom. The third kappa shape index (κ3) is 4.81. The van der Waals surface area contributed by atoms with Gasteiger partial charge in [-0.15, -0.1) is 0 Å². The average molecular weight is 228 g/mol. The zero-order chi connectivity index (χ0) is 11.8. The summed E-state index contributed by atoms with van der Waals surface area (Å²) in [6, 6.07) is 0.417. The molecule has 1 fully saturated rings. The van der Waals surface area contributed by atoms with Crippen molar-refractivity contribution in [3.63, 3.8) is 0 Å². The monoisotopic (exact) mass is 228 g/mol. The van der Waals surface area contributed by atoms with Crippen molar-refractivity contribution in [3.05, 3.63) is 0 Å². The number of nitrogens with one attached hydrogen (secondary N) is 2. The summed E-state index contributed by atoms with van der Waals surface area (Å²) >= 11 is 0. The molecule has 0 amide bonds. The number of guanidine groups is 1. The van der Waals surface area contributed by atoms with Crippen LogP contribution >= 0.6 is 0 Å². The summed E-state index contributed by atoms with van der Waals surface area (Å²) in [5, 5.41) is 3.33. The van der Waals surface area contributed by atoms with Gasteiger partial charge in [-0.25, -0.2) is 5.84 Å². The summed E-state index contributed by atoms with van der Waals surface area (Å²) in [5.74, 6) is 6.13. The zero-order valence-corrected chi connectivity index (χ0v) is 10.3. The van der Waals surface area contributed by atoms with Crippen LogP contribution in [-0.2, 0) is 4.74 Å². The van der Waals surface area contributed by atoms with Gasteiger partial charge in [-0.3, -0.25) is 10.4 Å². The molecular formula is C11H24N4O. The number of nitrogens with two attached hydrogens (primary N) is 1. The van der Waals surface area contributed by atoms with E-state index >= 15 is 0 Å². The van der Waals surface area contributed by atoms with Crippen molar-refractivity contribution in [2.75, 3.05) is 13.2 Å². The average Bonchev–Trinajstić information content (AvgIpc) is 2.28. The zero-order valence-electron chi connectivity index (χ0n) is 10.3. The molecule has 0 aromatic rings. The first-order valence-corrected chi connectivity index (χ1v) is 6.15. The first-order chi connectivity index (χ1) is 7.76. The fraction of sp³-hybridized carbons (Fsp3) is 0.909. The number of rotatable bonds is 4. The van der Waals surface area contributed by atoms with Gasteiger partial charge in [0, 0.05) is 19.2 Å². The lowest BCUT2D eigenvalue weighted by Gasteiger charge is -2.28. The summed E-state index contributed by atoms with van der Waals surface area (Å²) in [6.45, 7) is 5.88. The van der Waals surface area contributed by atoms with Crippen LogP contribution in [-0.4, -0.2) is 31.3 Å². The SMILES string of the molecule is CCCCN=C(NN)NC1CCOC(C)C1. The van der Waals surface area contributed by atoms with Crippen molar-refractivity contribution >= 4 is 5.96 Å². The Labute approximate surface area is 97.8 Å². The largest absolute Gasteiger partial charge is 0.378 e. The smallest absolute Gasteiger partial charge is 0.205 e. The van der Waals surface area contributed by atoms with E-state index in [1.807, 2.05) is 0 Å². The van der Waals surface area contributed by atoms with Crippen molar-refractivity contribution in [2.24, 2.45) is 10.8 Å². The van der Waals surface area contributed by atoms with Crippen molar-refractivity contribution < 1.29 is 4.74 Å². The van der Waals surface area contributed by atoms with Crippen LogP contribution in [0.25, 0.3) is 0 Å². The molecule has 0 saturated carbocycles. The maximum absolute atomic E-state index is 5.49. The lowest BCUT2D eigenvalue weighted by molar-refractivity contribution is 0.0165.